The van der Waals surface area contributed by atoms with Crippen LogP contribution in [0.15, 0.2) is 72.9 Å². The summed E-state index contributed by atoms with van der Waals surface area (Å²) in [6.07, 6.45) is 89.2. The first kappa shape index (κ1) is 76.9. The molecule has 0 radical (unpaired) electrons. The van der Waals surface area contributed by atoms with E-state index in [0.717, 1.165) is 96.3 Å². The van der Waals surface area contributed by atoms with Crippen molar-refractivity contribution in [3.8, 4) is 0 Å². The molecule has 0 aromatic carbocycles. The van der Waals surface area contributed by atoms with Crippen LogP contribution < -0.4 is 0 Å². The van der Waals surface area contributed by atoms with E-state index in [1.54, 1.807) is 0 Å². The molecule has 80 heavy (non-hydrogen) atoms. The van der Waals surface area contributed by atoms with Gasteiger partial charge < -0.3 is 14.2 Å². The van der Waals surface area contributed by atoms with Gasteiger partial charge in [0, 0.05) is 19.3 Å². The number of hydrogen-bond donors (Lipinski definition) is 0. The van der Waals surface area contributed by atoms with Gasteiger partial charge in [0.05, 0.1) is 0 Å². The van der Waals surface area contributed by atoms with E-state index in [0.29, 0.717) is 19.3 Å². The van der Waals surface area contributed by atoms with Crippen LogP contribution in [-0.2, 0) is 28.6 Å². The Morgan fingerprint density at radius 3 is 0.762 bits per heavy atom. The van der Waals surface area contributed by atoms with Crippen LogP contribution in [-0.4, -0.2) is 37.2 Å². The molecule has 0 aromatic heterocycles. The molecule has 1 unspecified atom stereocenters. The van der Waals surface area contributed by atoms with Gasteiger partial charge in [-0.15, -0.1) is 0 Å². The molecule has 0 bridgehead atoms. The second-order valence-corrected chi connectivity index (χ2v) is 23.4. The van der Waals surface area contributed by atoms with Crippen molar-refractivity contribution in [2.45, 2.75) is 367 Å². The number of unbranched alkanes of at least 4 members (excludes halogenated alkanes) is 41. The van der Waals surface area contributed by atoms with E-state index in [1.807, 2.05) is 0 Å². The maximum absolute atomic E-state index is 12.9. The van der Waals surface area contributed by atoms with Crippen LogP contribution in [0.1, 0.15) is 361 Å². The predicted molar refractivity (Wildman–Crippen MR) is 348 cm³/mol. The van der Waals surface area contributed by atoms with Crippen molar-refractivity contribution < 1.29 is 28.6 Å². The van der Waals surface area contributed by atoms with Gasteiger partial charge in [-0.2, -0.15) is 0 Å². The zero-order valence-corrected chi connectivity index (χ0v) is 53.3. The summed E-state index contributed by atoms with van der Waals surface area (Å²) in [6.45, 7) is 6.59. The van der Waals surface area contributed by atoms with Crippen molar-refractivity contribution in [2.75, 3.05) is 13.2 Å². The third-order valence-corrected chi connectivity index (χ3v) is 15.5. The van der Waals surface area contributed by atoms with E-state index < -0.39 is 6.10 Å². The smallest absolute Gasteiger partial charge is 0.306 e. The van der Waals surface area contributed by atoms with Gasteiger partial charge in [-0.1, -0.05) is 344 Å². The third-order valence-electron chi connectivity index (χ3n) is 15.5. The Bertz CT molecular complexity index is 1470. The van der Waals surface area contributed by atoms with Crippen LogP contribution in [0.2, 0.25) is 0 Å². The molecular weight excluding hydrogens is 985 g/mol. The molecule has 0 fully saturated rings. The normalized spacial score (nSPS) is 12.5. The molecule has 0 heterocycles. The van der Waals surface area contributed by atoms with E-state index >= 15 is 0 Å². The van der Waals surface area contributed by atoms with Crippen molar-refractivity contribution in [2.24, 2.45) is 0 Å². The summed E-state index contributed by atoms with van der Waals surface area (Å²) < 4.78 is 17.0. The lowest BCUT2D eigenvalue weighted by molar-refractivity contribution is -0.167. The molecule has 0 rings (SSSR count). The van der Waals surface area contributed by atoms with Gasteiger partial charge in [0.1, 0.15) is 13.2 Å². The predicted octanol–water partition coefficient (Wildman–Crippen LogP) is 24.1. The molecule has 464 valence electrons. The Kier molecular flexibility index (Phi) is 65.7. The Labute approximate surface area is 497 Å². The van der Waals surface area contributed by atoms with Crippen LogP contribution in [0.4, 0.5) is 0 Å². The fourth-order valence-corrected chi connectivity index (χ4v) is 10.3. The van der Waals surface area contributed by atoms with Crippen molar-refractivity contribution in [1.82, 2.24) is 0 Å². The quantitative estimate of drug-likeness (QED) is 0.0261. The number of hydrogen-bond acceptors (Lipinski definition) is 6. The van der Waals surface area contributed by atoms with Crippen molar-refractivity contribution in [3.05, 3.63) is 72.9 Å². The molecule has 0 aliphatic carbocycles. The minimum atomic E-state index is -0.774. The lowest BCUT2D eigenvalue weighted by atomic mass is 10.0. The van der Waals surface area contributed by atoms with Gasteiger partial charge in [-0.05, 0) is 70.6 Å². The summed E-state index contributed by atoms with van der Waals surface area (Å²) in [7, 11) is 0. The topological polar surface area (TPSA) is 78.9 Å². The lowest BCUT2D eigenvalue weighted by Crippen LogP contribution is -2.30. The summed E-state index contributed by atoms with van der Waals surface area (Å²) in [6, 6.07) is 0. The Hall–Kier alpha value is -3.15. The lowest BCUT2D eigenvalue weighted by Gasteiger charge is -2.18. The number of ether oxygens (including phenoxy) is 3. The fourth-order valence-electron chi connectivity index (χ4n) is 10.3. The molecule has 0 amide bonds. The fraction of sp³-hybridized carbons (Fsp3) is 0.797. The highest BCUT2D eigenvalue weighted by atomic mass is 16.6. The molecule has 6 heteroatoms. The summed E-state index contributed by atoms with van der Waals surface area (Å²) >= 11 is 0. The first-order chi connectivity index (χ1) is 39.5. The van der Waals surface area contributed by atoms with Crippen LogP contribution >= 0.6 is 0 Å². The molecule has 0 aliphatic heterocycles. The minimum Gasteiger partial charge on any atom is -0.462 e. The molecule has 1 atom stereocenters. The van der Waals surface area contributed by atoms with Gasteiger partial charge in [0.2, 0.25) is 0 Å². The molecule has 0 N–H and O–H groups in total. The average Bonchev–Trinajstić information content (AvgIpc) is 3.46. The number of carbonyl (C=O) groups excluding carboxylic acids is 3. The monoisotopic (exact) mass is 1120 g/mol. The highest BCUT2D eigenvalue weighted by Crippen LogP contribution is 2.18. The van der Waals surface area contributed by atoms with Crippen molar-refractivity contribution >= 4 is 17.9 Å². The first-order valence-corrected chi connectivity index (χ1v) is 34.9. The van der Waals surface area contributed by atoms with Gasteiger partial charge in [-0.3, -0.25) is 14.4 Å². The van der Waals surface area contributed by atoms with Gasteiger partial charge in [-0.25, -0.2) is 0 Å². The number of carbonyl (C=O) groups is 3. The second-order valence-electron chi connectivity index (χ2n) is 23.4. The largest absolute Gasteiger partial charge is 0.462 e. The van der Waals surface area contributed by atoms with E-state index in [9.17, 15) is 14.4 Å². The summed E-state index contributed by atoms with van der Waals surface area (Å²) in [5.41, 5.74) is 0. The molecule has 0 saturated carbocycles. The maximum atomic E-state index is 12.9. The van der Waals surface area contributed by atoms with Crippen molar-refractivity contribution in [3.63, 3.8) is 0 Å². The number of allylic oxidation sites excluding steroid dienone is 12. The second kappa shape index (κ2) is 68.3. The van der Waals surface area contributed by atoms with Gasteiger partial charge in [0.25, 0.3) is 0 Å². The molecule has 0 spiro atoms. The highest BCUT2D eigenvalue weighted by Gasteiger charge is 2.19. The summed E-state index contributed by atoms with van der Waals surface area (Å²) in [4.78, 5) is 38.4. The molecule has 6 nitrogen and oxygen atoms in total. The standard InChI is InChI=1S/C74H132O6/c1-4-7-10-13-16-19-22-25-28-31-32-33-34-35-36-37-38-39-40-41-42-44-46-49-52-55-58-61-64-67-73(76)79-70-71(69-78-72(75)66-63-60-57-54-51-48-45-30-27-24-21-18-15-12-9-6-3)80-74(77)68-65-62-59-56-53-50-47-43-29-26-23-20-17-14-11-8-5-2/h7,10,16,19,25,28,32-33,35-36,38-39,71H,4-6,8-9,11-15,17-18,20-24,26-27,29-31,34,37,40-70H2,1-3H3/b10-7-,19-16-,28-25-,33-32-,36-35-,39-38-. The Balaban J connectivity index is 4.28. The maximum Gasteiger partial charge on any atom is 0.306 e. The molecular formula is C74H132O6. The van der Waals surface area contributed by atoms with Crippen molar-refractivity contribution in [1.29, 1.82) is 0 Å². The summed E-state index contributed by atoms with van der Waals surface area (Å²) in [5, 5.41) is 0. The first-order valence-electron chi connectivity index (χ1n) is 34.9. The van der Waals surface area contributed by atoms with Gasteiger partial charge >= 0.3 is 17.9 Å². The van der Waals surface area contributed by atoms with Crippen LogP contribution in [0.5, 0.6) is 0 Å². The number of rotatable bonds is 64. The van der Waals surface area contributed by atoms with Gasteiger partial charge in [0.15, 0.2) is 6.10 Å². The summed E-state index contributed by atoms with van der Waals surface area (Å²) in [5.74, 6) is -0.850. The Morgan fingerprint density at radius 1 is 0.263 bits per heavy atom. The zero-order chi connectivity index (χ0) is 57.8. The SMILES string of the molecule is CC/C=C\C/C=C\C/C=C\C/C=C\C/C=C\C/C=C\CCCCCCCCCCCCC(=O)OCC(COC(=O)CCCCCCCCCCCCCCCCCC)OC(=O)CCCCCCCCCCCCCCCCCCC. The van der Waals surface area contributed by atoms with E-state index in [1.165, 1.54) is 225 Å². The highest BCUT2D eigenvalue weighted by molar-refractivity contribution is 5.71. The van der Waals surface area contributed by atoms with Crippen LogP contribution in [0, 0.1) is 0 Å². The molecule has 0 saturated heterocycles. The van der Waals surface area contributed by atoms with Crippen LogP contribution in [0.3, 0.4) is 0 Å². The minimum absolute atomic E-state index is 0.0702. The van der Waals surface area contributed by atoms with E-state index in [4.69, 9.17) is 14.2 Å². The third kappa shape index (κ3) is 65.7. The Morgan fingerprint density at radius 2 is 0.487 bits per heavy atom. The molecule has 0 aromatic rings. The van der Waals surface area contributed by atoms with E-state index in [-0.39, 0.29) is 31.1 Å². The number of esters is 3. The van der Waals surface area contributed by atoms with Crippen LogP contribution in [0.25, 0.3) is 0 Å². The van der Waals surface area contributed by atoms with E-state index in [2.05, 4.69) is 93.7 Å². The molecule has 0 aliphatic rings. The average molecular weight is 1120 g/mol. The zero-order valence-electron chi connectivity index (χ0n) is 53.3.